The molecule has 1 aliphatic rings. The van der Waals surface area contributed by atoms with E-state index < -0.39 is 17.2 Å². The van der Waals surface area contributed by atoms with Crippen molar-refractivity contribution in [2.24, 2.45) is 0 Å². The number of hydrogen-bond donors (Lipinski definition) is 1. The molecule has 3 aromatic rings. The molecule has 226 valence electrons. The van der Waals surface area contributed by atoms with Gasteiger partial charge in [-0.3, -0.25) is 14.5 Å². The first-order valence-electron chi connectivity index (χ1n) is 13.8. The fourth-order valence-electron chi connectivity index (χ4n) is 4.88. The molecule has 9 nitrogen and oxygen atoms in total. The lowest BCUT2D eigenvalue weighted by molar-refractivity contribution is -0.138. The number of pyridine rings is 1. The topological polar surface area (TPSA) is 93.5 Å². The second-order valence-electron chi connectivity index (χ2n) is 10.6. The summed E-state index contributed by atoms with van der Waals surface area (Å²) in [5.74, 6) is -1.52. The van der Waals surface area contributed by atoms with Crippen molar-refractivity contribution >= 4 is 5.91 Å². The summed E-state index contributed by atoms with van der Waals surface area (Å²) in [4.78, 5) is 28.1. The molecule has 1 amide bonds. The molecule has 0 unspecified atom stereocenters. The van der Waals surface area contributed by atoms with Crippen LogP contribution in [-0.2, 0) is 22.6 Å². The van der Waals surface area contributed by atoms with Crippen molar-refractivity contribution in [2.75, 3.05) is 53.1 Å². The SMILES string of the molecule is COCC(=O)N1CCN(Cc2ccc(OCCCn3cc(C)ccc3=O)cc2)C[C@](O)(COc2ccc(F)c(F)c2)C1. The van der Waals surface area contributed by atoms with E-state index in [-0.39, 0.29) is 43.5 Å². The van der Waals surface area contributed by atoms with Crippen LogP contribution in [0, 0.1) is 18.6 Å². The molecule has 1 aliphatic heterocycles. The van der Waals surface area contributed by atoms with Crippen LogP contribution in [0.1, 0.15) is 17.5 Å². The summed E-state index contributed by atoms with van der Waals surface area (Å²) >= 11 is 0. The van der Waals surface area contributed by atoms with Gasteiger partial charge in [0.1, 0.15) is 30.3 Å². The molecule has 2 heterocycles. The number of amides is 1. The first-order chi connectivity index (χ1) is 20.1. The van der Waals surface area contributed by atoms with E-state index in [1.54, 1.807) is 16.7 Å². The Balaban J connectivity index is 1.35. The third-order valence-corrected chi connectivity index (χ3v) is 6.98. The van der Waals surface area contributed by atoms with Crippen LogP contribution in [0.2, 0.25) is 0 Å². The zero-order valence-electron chi connectivity index (χ0n) is 23.9. The van der Waals surface area contributed by atoms with Gasteiger partial charge in [-0.25, -0.2) is 8.78 Å². The Hall–Kier alpha value is -3.80. The van der Waals surface area contributed by atoms with E-state index in [0.29, 0.717) is 45.0 Å². The lowest BCUT2D eigenvalue weighted by Gasteiger charge is -2.33. The second-order valence-corrected chi connectivity index (χ2v) is 10.6. The average molecular weight is 586 g/mol. The number of carbonyl (C=O) groups excluding carboxylic acids is 1. The summed E-state index contributed by atoms with van der Waals surface area (Å²) < 4.78 is 45.2. The zero-order valence-corrected chi connectivity index (χ0v) is 23.9. The molecule has 1 N–H and O–H groups in total. The van der Waals surface area contributed by atoms with E-state index >= 15 is 0 Å². The van der Waals surface area contributed by atoms with Crippen molar-refractivity contribution in [1.29, 1.82) is 0 Å². The van der Waals surface area contributed by atoms with Crippen LogP contribution in [0.25, 0.3) is 0 Å². The summed E-state index contributed by atoms with van der Waals surface area (Å²) in [6, 6.07) is 14.2. The highest BCUT2D eigenvalue weighted by atomic mass is 19.2. The van der Waals surface area contributed by atoms with Gasteiger partial charge in [0, 0.05) is 58.2 Å². The van der Waals surface area contributed by atoms with Crippen LogP contribution >= 0.6 is 0 Å². The maximum absolute atomic E-state index is 13.7. The largest absolute Gasteiger partial charge is 0.494 e. The molecular formula is C31H37F2N3O6. The van der Waals surface area contributed by atoms with Gasteiger partial charge in [-0.1, -0.05) is 18.2 Å². The number of methoxy groups -OCH3 is 1. The molecule has 1 atom stereocenters. The Morgan fingerprint density at radius 2 is 1.74 bits per heavy atom. The van der Waals surface area contributed by atoms with Crippen molar-refractivity contribution in [2.45, 2.75) is 32.0 Å². The van der Waals surface area contributed by atoms with E-state index in [1.165, 1.54) is 18.1 Å². The Kier molecular flexibility index (Phi) is 10.7. The maximum Gasteiger partial charge on any atom is 0.250 e. The number of carbonyl (C=O) groups is 1. The van der Waals surface area contributed by atoms with Crippen molar-refractivity contribution in [3.63, 3.8) is 0 Å². The number of aliphatic hydroxyl groups is 1. The Labute approximate surface area is 243 Å². The average Bonchev–Trinajstić information content (AvgIpc) is 3.13. The lowest BCUT2D eigenvalue weighted by atomic mass is 10.0. The molecule has 1 fully saturated rings. The number of rotatable bonds is 12. The van der Waals surface area contributed by atoms with Crippen molar-refractivity contribution < 1.29 is 32.9 Å². The summed E-state index contributed by atoms with van der Waals surface area (Å²) in [6.45, 7) is 4.18. The van der Waals surface area contributed by atoms with E-state index in [2.05, 4.69) is 0 Å². The third kappa shape index (κ3) is 8.85. The molecule has 1 aromatic heterocycles. The molecule has 0 aliphatic carbocycles. The highest BCUT2D eigenvalue weighted by Crippen LogP contribution is 2.22. The summed E-state index contributed by atoms with van der Waals surface area (Å²) in [5.41, 5.74) is 0.494. The minimum atomic E-state index is -1.48. The fraction of sp³-hybridized carbons (Fsp3) is 0.419. The minimum absolute atomic E-state index is 0.00315. The van der Waals surface area contributed by atoms with Crippen LogP contribution in [0.15, 0.2) is 65.6 Å². The van der Waals surface area contributed by atoms with E-state index in [1.807, 2.05) is 42.3 Å². The van der Waals surface area contributed by atoms with Gasteiger partial charge in [0.05, 0.1) is 13.2 Å². The van der Waals surface area contributed by atoms with Crippen molar-refractivity contribution in [3.05, 3.63) is 93.9 Å². The Morgan fingerprint density at radius 1 is 0.976 bits per heavy atom. The number of nitrogens with zero attached hydrogens (tertiary/aromatic N) is 3. The molecule has 2 aromatic carbocycles. The number of β-amino-alcohol motifs (C(OH)–C–C–N with tert-alkyl or cyclic N) is 1. The van der Waals surface area contributed by atoms with E-state index in [4.69, 9.17) is 14.2 Å². The van der Waals surface area contributed by atoms with Gasteiger partial charge in [-0.2, -0.15) is 0 Å². The van der Waals surface area contributed by atoms with Crippen LogP contribution in [0.5, 0.6) is 11.5 Å². The maximum atomic E-state index is 13.7. The van der Waals surface area contributed by atoms with Crippen molar-refractivity contribution in [1.82, 2.24) is 14.4 Å². The van der Waals surface area contributed by atoms with Crippen LogP contribution in [0.4, 0.5) is 8.78 Å². The predicted molar refractivity (Wildman–Crippen MR) is 153 cm³/mol. The summed E-state index contributed by atoms with van der Waals surface area (Å²) in [6.07, 6.45) is 2.52. The third-order valence-electron chi connectivity index (χ3n) is 6.98. The highest BCUT2D eigenvalue weighted by Gasteiger charge is 2.37. The molecule has 0 radical (unpaired) electrons. The van der Waals surface area contributed by atoms with Gasteiger partial charge in [0.15, 0.2) is 11.6 Å². The Morgan fingerprint density at radius 3 is 2.48 bits per heavy atom. The molecule has 11 heteroatoms. The summed E-state index contributed by atoms with van der Waals surface area (Å²) in [7, 11) is 1.43. The van der Waals surface area contributed by atoms with Crippen LogP contribution in [0.3, 0.4) is 0 Å². The zero-order chi connectivity index (χ0) is 30.1. The quantitative estimate of drug-likeness (QED) is 0.327. The van der Waals surface area contributed by atoms with Gasteiger partial charge in [-0.15, -0.1) is 0 Å². The van der Waals surface area contributed by atoms with Gasteiger partial charge >= 0.3 is 0 Å². The Bertz CT molecular complexity index is 1400. The lowest BCUT2D eigenvalue weighted by Crippen LogP contribution is -2.52. The predicted octanol–water partition coefficient (Wildman–Crippen LogP) is 3.00. The highest BCUT2D eigenvalue weighted by molar-refractivity contribution is 5.77. The molecule has 1 saturated heterocycles. The first kappa shape index (κ1) is 31.1. The van der Waals surface area contributed by atoms with Gasteiger partial charge in [0.2, 0.25) is 5.91 Å². The number of ether oxygens (including phenoxy) is 3. The summed E-state index contributed by atoms with van der Waals surface area (Å²) in [5, 5.41) is 11.5. The molecular weight excluding hydrogens is 548 g/mol. The number of aromatic nitrogens is 1. The molecule has 0 spiro atoms. The van der Waals surface area contributed by atoms with Gasteiger partial charge < -0.3 is 28.8 Å². The second kappa shape index (κ2) is 14.4. The molecule has 0 saturated carbocycles. The number of benzene rings is 2. The standard InChI is InChI=1S/C31H37F2N3O6/c1-23-4-11-29(37)35(17-23)12-3-15-41-25-7-5-24(6-8-25)18-34-13-14-36(30(38)19-40-2)21-31(39,20-34)22-42-26-9-10-27(32)28(33)16-26/h4-11,16-17,39H,3,12-15,18-22H2,1-2H3/t31-/m1/s1. The van der Waals surface area contributed by atoms with E-state index in [9.17, 15) is 23.5 Å². The van der Waals surface area contributed by atoms with Gasteiger partial charge in [-0.05, 0) is 48.7 Å². The number of aryl methyl sites for hydroxylation is 2. The van der Waals surface area contributed by atoms with Crippen LogP contribution < -0.4 is 15.0 Å². The molecule has 4 rings (SSSR count). The first-order valence-corrected chi connectivity index (χ1v) is 13.8. The number of halogens is 2. The van der Waals surface area contributed by atoms with Crippen molar-refractivity contribution in [3.8, 4) is 11.5 Å². The van der Waals surface area contributed by atoms with Crippen LogP contribution in [-0.4, -0.2) is 84.1 Å². The van der Waals surface area contributed by atoms with Gasteiger partial charge in [0.25, 0.3) is 5.56 Å². The minimum Gasteiger partial charge on any atom is -0.494 e. The molecule has 42 heavy (non-hydrogen) atoms. The smallest absolute Gasteiger partial charge is 0.250 e. The normalized spacial score (nSPS) is 17.6. The van der Waals surface area contributed by atoms with E-state index in [0.717, 1.165) is 23.3 Å². The molecule has 0 bridgehead atoms. The fourth-order valence-corrected chi connectivity index (χ4v) is 4.88. The monoisotopic (exact) mass is 585 g/mol. The number of hydrogen-bond acceptors (Lipinski definition) is 7.